The van der Waals surface area contributed by atoms with Gasteiger partial charge in [-0.25, -0.2) is 8.78 Å². The summed E-state index contributed by atoms with van der Waals surface area (Å²) < 4.78 is 27.2. The summed E-state index contributed by atoms with van der Waals surface area (Å²) in [6, 6.07) is 13.3. The first-order chi connectivity index (χ1) is 12.5. The molecule has 140 valence electrons. The summed E-state index contributed by atoms with van der Waals surface area (Å²) in [5.74, 6) is 0.183. The molecule has 2 aromatic rings. The standard InChI is InChI=1S/C20H26F2N4/c1-23-20(24-12-11-15-7-4-5-10-18(15)22)25-14-19(26(2)3)16-8-6-9-17(21)13-16/h4-10,13,19H,11-12,14H2,1-3H3,(H2,23,24,25). The molecule has 0 spiro atoms. The molecule has 0 aliphatic heterocycles. The smallest absolute Gasteiger partial charge is 0.191 e. The number of nitrogens with zero attached hydrogens (tertiary/aromatic N) is 2. The average molecular weight is 360 g/mol. The zero-order valence-electron chi connectivity index (χ0n) is 15.5. The first-order valence-corrected chi connectivity index (χ1v) is 8.61. The molecule has 6 heteroatoms. The summed E-state index contributed by atoms with van der Waals surface area (Å²) in [5, 5.41) is 6.43. The predicted molar refractivity (Wildman–Crippen MR) is 102 cm³/mol. The van der Waals surface area contributed by atoms with Crippen molar-refractivity contribution >= 4 is 5.96 Å². The zero-order chi connectivity index (χ0) is 18.9. The number of aliphatic imine (C=N–C) groups is 1. The molecule has 0 radical (unpaired) electrons. The highest BCUT2D eigenvalue weighted by Crippen LogP contribution is 2.18. The van der Waals surface area contributed by atoms with Gasteiger partial charge in [-0.15, -0.1) is 0 Å². The second-order valence-corrected chi connectivity index (χ2v) is 6.26. The molecule has 0 fully saturated rings. The molecule has 2 aromatic carbocycles. The fourth-order valence-corrected chi connectivity index (χ4v) is 2.74. The Kier molecular flexibility index (Phi) is 7.53. The SMILES string of the molecule is CN=C(NCCc1ccccc1F)NCC(c1cccc(F)c1)N(C)C. The Morgan fingerprint density at radius 3 is 2.50 bits per heavy atom. The fraction of sp³-hybridized carbons (Fsp3) is 0.350. The van der Waals surface area contributed by atoms with Crippen molar-refractivity contribution in [2.45, 2.75) is 12.5 Å². The van der Waals surface area contributed by atoms with Crippen molar-refractivity contribution in [2.24, 2.45) is 4.99 Å². The molecule has 4 nitrogen and oxygen atoms in total. The van der Waals surface area contributed by atoms with Gasteiger partial charge < -0.3 is 15.5 Å². The van der Waals surface area contributed by atoms with E-state index in [-0.39, 0.29) is 17.7 Å². The van der Waals surface area contributed by atoms with E-state index in [4.69, 9.17) is 0 Å². The number of nitrogens with one attached hydrogen (secondary N) is 2. The van der Waals surface area contributed by atoms with Gasteiger partial charge in [-0.2, -0.15) is 0 Å². The van der Waals surface area contributed by atoms with Crippen LogP contribution in [0, 0.1) is 11.6 Å². The van der Waals surface area contributed by atoms with Crippen LogP contribution in [0.3, 0.4) is 0 Å². The van der Waals surface area contributed by atoms with Gasteiger partial charge in [0, 0.05) is 20.1 Å². The minimum Gasteiger partial charge on any atom is -0.356 e. The molecule has 2 rings (SSSR count). The Bertz CT molecular complexity index is 731. The molecule has 2 N–H and O–H groups in total. The van der Waals surface area contributed by atoms with Gasteiger partial charge in [0.05, 0.1) is 6.04 Å². The number of likely N-dealkylation sites (N-methyl/N-ethyl adjacent to an activating group) is 1. The van der Waals surface area contributed by atoms with Gasteiger partial charge in [-0.05, 0) is 49.8 Å². The minimum absolute atomic E-state index is 0.00387. The Morgan fingerprint density at radius 1 is 1.08 bits per heavy atom. The first kappa shape index (κ1) is 19.8. The molecule has 26 heavy (non-hydrogen) atoms. The second kappa shape index (κ2) is 9.87. The Labute approximate surface area is 153 Å². The number of benzene rings is 2. The van der Waals surface area contributed by atoms with Crippen molar-refractivity contribution in [1.29, 1.82) is 0 Å². The quantitative estimate of drug-likeness (QED) is 0.589. The molecule has 0 amide bonds. The van der Waals surface area contributed by atoms with Crippen molar-refractivity contribution < 1.29 is 8.78 Å². The Hall–Kier alpha value is -2.47. The summed E-state index contributed by atoms with van der Waals surface area (Å²) >= 11 is 0. The van der Waals surface area contributed by atoms with Crippen LogP contribution in [-0.4, -0.2) is 45.1 Å². The average Bonchev–Trinajstić information content (AvgIpc) is 2.61. The lowest BCUT2D eigenvalue weighted by atomic mass is 10.1. The van der Waals surface area contributed by atoms with Crippen LogP contribution in [0.5, 0.6) is 0 Å². The van der Waals surface area contributed by atoms with E-state index in [1.165, 1.54) is 12.1 Å². The lowest BCUT2D eigenvalue weighted by molar-refractivity contribution is 0.297. The van der Waals surface area contributed by atoms with E-state index < -0.39 is 0 Å². The summed E-state index contributed by atoms with van der Waals surface area (Å²) in [6.07, 6.45) is 0.564. The van der Waals surface area contributed by atoms with E-state index in [9.17, 15) is 8.78 Å². The van der Waals surface area contributed by atoms with Crippen LogP contribution in [0.1, 0.15) is 17.2 Å². The van der Waals surface area contributed by atoms with E-state index in [0.717, 1.165) is 5.56 Å². The van der Waals surface area contributed by atoms with Crippen LogP contribution in [-0.2, 0) is 6.42 Å². The second-order valence-electron chi connectivity index (χ2n) is 6.26. The van der Waals surface area contributed by atoms with Gasteiger partial charge in [0.25, 0.3) is 0 Å². The number of guanidine groups is 1. The van der Waals surface area contributed by atoms with Crippen LogP contribution in [0.25, 0.3) is 0 Å². The highest BCUT2D eigenvalue weighted by atomic mass is 19.1. The molecule has 0 heterocycles. The van der Waals surface area contributed by atoms with Gasteiger partial charge in [-0.3, -0.25) is 4.99 Å². The summed E-state index contributed by atoms with van der Waals surface area (Å²) in [7, 11) is 5.59. The van der Waals surface area contributed by atoms with Crippen LogP contribution in [0.2, 0.25) is 0 Å². The van der Waals surface area contributed by atoms with Crippen molar-refractivity contribution in [2.75, 3.05) is 34.2 Å². The molecule has 0 saturated heterocycles. The summed E-state index contributed by atoms with van der Waals surface area (Å²) in [4.78, 5) is 6.21. The first-order valence-electron chi connectivity index (χ1n) is 8.61. The van der Waals surface area contributed by atoms with E-state index in [2.05, 4.69) is 15.6 Å². The predicted octanol–water partition coefficient (Wildman–Crippen LogP) is 2.98. The lowest BCUT2D eigenvalue weighted by Crippen LogP contribution is -2.42. The maximum absolute atomic E-state index is 13.6. The molecule has 1 atom stereocenters. The van der Waals surface area contributed by atoms with E-state index >= 15 is 0 Å². The molecule has 0 aliphatic carbocycles. The van der Waals surface area contributed by atoms with Crippen molar-refractivity contribution in [3.05, 3.63) is 71.3 Å². The van der Waals surface area contributed by atoms with Crippen LogP contribution in [0.4, 0.5) is 8.78 Å². The van der Waals surface area contributed by atoms with E-state index in [1.54, 1.807) is 31.3 Å². The van der Waals surface area contributed by atoms with Crippen LogP contribution < -0.4 is 10.6 Å². The third-order valence-electron chi connectivity index (χ3n) is 4.19. The molecule has 1 unspecified atom stereocenters. The molecular weight excluding hydrogens is 334 g/mol. The molecule has 0 bridgehead atoms. The lowest BCUT2D eigenvalue weighted by Gasteiger charge is -2.26. The largest absolute Gasteiger partial charge is 0.356 e. The number of hydrogen-bond acceptors (Lipinski definition) is 2. The third kappa shape index (κ3) is 5.81. The van der Waals surface area contributed by atoms with Crippen molar-refractivity contribution in [1.82, 2.24) is 15.5 Å². The molecule has 0 aliphatic rings. The highest BCUT2D eigenvalue weighted by Gasteiger charge is 2.15. The number of rotatable bonds is 7. The van der Waals surface area contributed by atoms with Gasteiger partial charge in [0.15, 0.2) is 5.96 Å². The van der Waals surface area contributed by atoms with Crippen LogP contribution in [0.15, 0.2) is 53.5 Å². The van der Waals surface area contributed by atoms with Gasteiger partial charge in [-0.1, -0.05) is 30.3 Å². The molecule has 0 saturated carbocycles. The topological polar surface area (TPSA) is 39.7 Å². The van der Waals surface area contributed by atoms with Crippen LogP contribution >= 0.6 is 0 Å². The van der Waals surface area contributed by atoms with E-state index in [1.807, 2.05) is 31.1 Å². The van der Waals surface area contributed by atoms with Gasteiger partial charge in [0.1, 0.15) is 11.6 Å². The molecule has 0 aromatic heterocycles. The van der Waals surface area contributed by atoms with E-state index in [0.29, 0.717) is 31.0 Å². The minimum atomic E-state index is -0.248. The molecular formula is C20H26F2N4. The zero-order valence-corrected chi connectivity index (χ0v) is 15.5. The van der Waals surface area contributed by atoms with Gasteiger partial charge in [0.2, 0.25) is 0 Å². The van der Waals surface area contributed by atoms with Crippen molar-refractivity contribution in [3.63, 3.8) is 0 Å². The third-order valence-corrected chi connectivity index (χ3v) is 4.19. The number of hydrogen-bond donors (Lipinski definition) is 2. The number of halogens is 2. The highest BCUT2D eigenvalue weighted by molar-refractivity contribution is 5.79. The van der Waals surface area contributed by atoms with Crippen molar-refractivity contribution in [3.8, 4) is 0 Å². The van der Waals surface area contributed by atoms with Gasteiger partial charge >= 0.3 is 0 Å². The Balaban J connectivity index is 1.89. The fourth-order valence-electron chi connectivity index (χ4n) is 2.74. The maximum atomic E-state index is 13.6. The normalized spacial score (nSPS) is 12.9. The monoisotopic (exact) mass is 360 g/mol. The summed E-state index contributed by atoms with van der Waals surface area (Å²) in [5.41, 5.74) is 1.56. The summed E-state index contributed by atoms with van der Waals surface area (Å²) in [6.45, 7) is 1.13. The maximum Gasteiger partial charge on any atom is 0.191 e. The Morgan fingerprint density at radius 2 is 1.85 bits per heavy atom.